The molecule has 0 saturated heterocycles. The fourth-order valence-corrected chi connectivity index (χ4v) is 1.23. The van der Waals surface area contributed by atoms with Crippen LogP contribution in [0.15, 0.2) is 0 Å². The fourth-order valence-electron chi connectivity index (χ4n) is 1.23. The number of nitrogens with one attached hydrogen (secondary N) is 2. The Bertz CT molecular complexity index is 336. The Hall–Kier alpha value is -0.0435. The second kappa shape index (κ2) is 31.0. The number of carbonyl (C=O) groups is 1. The van der Waals surface area contributed by atoms with Crippen molar-refractivity contribution in [3.63, 3.8) is 0 Å². The van der Waals surface area contributed by atoms with Crippen LogP contribution in [0.25, 0.3) is 0 Å². The summed E-state index contributed by atoms with van der Waals surface area (Å²) in [4.78, 5) is 10.00. The molecule has 12 N–H and O–H groups in total. The summed E-state index contributed by atoms with van der Waals surface area (Å²) >= 11 is 0. The average molecular weight is 570 g/mol. The van der Waals surface area contributed by atoms with Gasteiger partial charge in [0.1, 0.15) is 0 Å². The number of carboxylic acid groups (broad SMARTS) is 1. The summed E-state index contributed by atoms with van der Waals surface area (Å²) in [5.74, 6) is -0.846. The summed E-state index contributed by atoms with van der Waals surface area (Å²) in [5.41, 5.74) is 15.7. The van der Waals surface area contributed by atoms with Gasteiger partial charge in [0.15, 0.2) is 0 Å². The SMILES string of the molecule is CC(C)C[C@H](N)C(=O)[O-].NCCNCCNCCN.O.O.[Co+3].[O-][Cl+3]([O-])([O-])[O-].[O-][Cl+3]([O-])([O-])[O-]. The second-order valence-corrected chi connectivity index (χ2v) is 6.90. The molecular formula is C12H34Cl2CoN5O12. The molecule has 0 aliphatic carbocycles. The topological polar surface area (TPSA) is 390 Å². The first-order valence-corrected chi connectivity index (χ1v) is 10.4. The van der Waals surface area contributed by atoms with Crippen molar-refractivity contribution >= 4 is 5.97 Å². The molecule has 0 saturated carbocycles. The third-order valence-electron chi connectivity index (χ3n) is 2.15. The first-order valence-electron chi connectivity index (χ1n) is 7.97. The van der Waals surface area contributed by atoms with Gasteiger partial charge in [0.05, 0.1) is 5.97 Å². The van der Waals surface area contributed by atoms with Gasteiger partial charge in [-0.3, -0.25) is 0 Å². The maximum atomic E-state index is 10.00. The Kier molecular flexibility index (Phi) is 47.6. The first kappa shape index (κ1) is 49.2. The van der Waals surface area contributed by atoms with Crippen LogP contribution in [-0.2, 0) is 21.6 Å². The molecule has 0 aliphatic rings. The minimum absolute atomic E-state index is 0. The summed E-state index contributed by atoms with van der Waals surface area (Å²) < 4.78 is 67.9. The second-order valence-electron chi connectivity index (χ2n) is 5.39. The van der Waals surface area contributed by atoms with E-state index in [9.17, 15) is 9.90 Å². The van der Waals surface area contributed by atoms with Gasteiger partial charge in [0.2, 0.25) is 0 Å². The Labute approximate surface area is 200 Å². The van der Waals surface area contributed by atoms with Crippen LogP contribution in [0.2, 0.25) is 0 Å². The molecule has 0 aromatic rings. The third kappa shape index (κ3) is 112. The molecule has 1 atom stereocenters. The Balaban J connectivity index is -0.0000000527. The van der Waals surface area contributed by atoms with Crippen LogP contribution in [-0.4, -0.2) is 62.2 Å². The molecular weight excluding hydrogens is 536 g/mol. The van der Waals surface area contributed by atoms with Crippen LogP contribution in [0.5, 0.6) is 0 Å². The van der Waals surface area contributed by atoms with Crippen molar-refractivity contribution in [2.24, 2.45) is 23.1 Å². The number of rotatable bonds is 10. The number of aliphatic carboxylic acids is 1. The summed E-state index contributed by atoms with van der Waals surface area (Å²) in [6.07, 6.45) is 0.488. The molecule has 0 aliphatic heterocycles. The van der Waals surface area contributed by atoms with E-state index in [1.165, 1.54) is 0 Å². The van der Waals surface area contributed by atoms with Crippen molar-refractivity contribution in [3.05, 3.63) is 0 Å². The Morgan fingerprint density at radius 3 is 1.16 bits per heavy atom. The molecule has 0 aromatic carbocycles. The van der Waals surface area contributed by atoms with E-state index < -0.39 is 32.5 Å². The maximum Gasteiger partial charge on any atom is 3.00 e. The molecule has 0 heterocycles. The van der Waals surface area contributed by atoms with Gasteiger partial charge in [0.25, 0.3) is 0 Å². The first-order chi connectivity index (χ1) is 13.0. The van der Waals surface area contributed by atoms with Crippen molar-refractivity contribution in [2.75, 3.05) is 39.3 Å². The van der Waals surface area contributed by atoms with Crippen LogP contribution in [0.1, 0.15) is 20.3 Å². The molecule has 0 bridgehead atoms. The van der Waals surface area contributed by atoms with E-state index in [2.05, 4.69) is 10.6 Å². The van der Waals surface area contributed by atoms with Gasteiger partial charge in [-0.2, -0.15) is 0 Å². The molecule has 0 fully saturated rings. The molecule has 0 spiro atoms. The van der Waals surface area contributed by atoms with Gasteiger partial charge >= 0.3 is 16.8 Å². The zero-order chi connectivity index (χ0) is 24.1. The van der Waals surface area contributed by atoms with E-state index in [1.807, 2.05) is 13.8 Å². The fraction of sp³-hybridized carbons (Fsp3) is 0.917. The molecule has 0 radical (unpaired) electrons. The zero-order valence-electron chi connectivity index (χ0n) is 17.5. The molecule has 202 valence electrons. The van der Waals surface area contributed by atoms with Crippen LogP contribution in [0, 0.1) is 26.4 Å². The van der Waals surface area contributed by atoms with E-state index in [-0.39, 0.29) is 27.7 Å². The molecule has 20 heteroatoms. The number of carboxylic acids is 1. The summed E-state index contributed by atoms with van der Waals surface area (Å²) in [7, 11) is -9.89. The van der Waals surface area contributed by atoms with Gasteiger partial charge < -0.3 is 48.7 Å². The van der Waals surface area contributed by atoms with Gasteiger partial charge in [0, 0.05) is 45.3 Å². The molecule has 17 nitrogen and oxygen atoms in total. The smallest absolute Gasteiger partial charge is 0.548 e. The van der Waals surface area contributed by atoms with E-state index in [0.29, 0.717) is 25.4 Å². The summed E-state index contributed by atoms with van der Waals surface area (Å²) in [5, 5.41) is 16.3. The zero-order valence-corrected chi connectivity index (χ0v) is 20.1. The number of halogens is 2. The van der Waals surface area contributed by atoms with Crippen molar-refractivity contribution in [2.45, 2.75) is 26.3 Å². The van der Waals surface area contributed by atoms with Gasteiger partial charge in [-0.15, -0.1) is 20.5 Å². The minimum Gasteiger partial charge on any atom is -0.548 e. The monoisotopic (exact) mass is 569 g/mol. The molecule has 32 heavy (non-hydrogen) atoms. The largest absolute Gasteiger partial charge is 3.00 e. The quantitative estimate of drug-likeness (QED) is 0.152. The standard InChI is InChI=1S/C6H18N4.C6H13NO2.2ClHO4.Co.2H2O/c7-1-3-9-5-6-10-4-2-8;1-4(2)3-5(7)6(8)9;2*2-1(3,4)5;;;/h9-10H,1-8H2;4-5H,3,7H2,1-2H3,(H,8,9);2*(H,2,3,4,5);;2*1H2/q;;;;+3;;/p-3/t;5-;;;;;/m.0...../s1. The number of hydrogen-bond acceptors (Lipinski definition) is 15. The third-order valence-corrected chi connectivity index (χ3v) is 2.15. The van der Waals surface area contributed by atoms with Crippen molar-refractivity contribution in [1.82, 2.24) is 10.6 Å². The van der Waals surface area contributed by atoms with E-state index >= 15 is 0 Å². The van der Waals surface area contributed by atoms with Crippen LogP contribution in [0.4, 0.5) is 0 Å². The Morgan fingerprint density at radius 2 is 1.03 bits per heavy atom. The molecule has 0 aromatic heterocycles. The molecule has 0 amide bonds. The van der Waals surface area contributed by atoms with Crippen molar-refractivity contribution in [3.8, 4) is 0 Å². The van der Waals surface area contributed by atoms with Crippen molar-refractivity contribution in [1.29, 1.82) is 0 Å². The predicted molar refractivity (Wildman–Crippen MR) is 83.5 cm³/mol. The van der Waals surface area contributed by atoms with E-state index in [1.54, 1.807) is 0 Å². The van der Waals surface area contributed by atoms with Gasteiger partial charge in [-0.25, -0.2) is 37.3 Å². The van der Waals surface area contributed by atoms with Crippen molar-refractivity contribution < 1.29 is 95.4 Å². The van der Waals surface area contributed by atoms with Gasteiger partial charge in [-0.05, 0) is 12.3 Å². The molecule has 0 rings (SSSR count). The average Bonchev–Trinajstić information content (AvgIpc) is 2.47. The molecule has 0 unspecified atom stereocenters. The Morgan fingerprint density at radius 1 is 0.781 bits per heavy atom. The maximum absolute atomic E-state index is 10.00. The van der Waals surface area contributed by atoms with Gasteiger partial charge in [-0.1, -0.05) is 13.8 Å². The summed E-state index contributed by atoms with van der Waals surface area (Å²) in [6, 6.07) is -0.801. The van der Waals surface area contributed by atoms with Crippen LogP contribution >= 0.6 is 0 Å². The van der Waals surface area contributed by atoms with E-state index in [4.69, 9.17) is 54.5 Å². The predicted octanol–water partition coefficient (Wildman–Crippen LogP) is -14.0. The van der Waals surface area contributed by atoms with Crippen LogP contribution < -0.4 is 70.2 Å². The minimum atomic E-state index is -4.94. The van der Waals surface area contributed by atoms with E-state index in [0.717, 1.165) is 26.2 Å². The number of carbonyl (C=O) groups excluding carboxylic acids is 1. The number of hydrogen-bond donors (Lipinski definition) is 5. The number of nitrogens with two attached hydrogens (primary N) is 3. The van der Waals surface area contributed by atoms with Crippen LogP contribution in [0.3, 0.4) is 0 Å². The normalized spacial score (nSPS) is 10.8. The summed E-state index contributed by atoms with van der Waals surface area (Å²) in [6.45, 7) is 8.97.